The van der Waals surface area contributed by atoms with E-state index in [1.165, 1.54) is 32.1 Å². The SMILES string of the molecule is CC(C)Cn1cc(-c2cnc(N)c3cnc(NC4CCCCC4)nc23)cn1. The van der Waals surface area contributed by atoms with E-state index in [0.29, 0.717) is 23.7 Å². The molecule has 0 amide bonds. The molecule has 0 aliphatic heterocycles. The molecule has 1 aliphatic carbocycles. The summed E-state index contributed by atoms with van der Waals surface area (Å²) in [5, 5.41) is 8.75. The highest BCUT2D eigenvalue weighted by molar-refractivity contribution is 5.98. The predicted octanol–water partition coefficient (Wildman–Crippen LogP) is 3.87. The van der Waals surface area contributed by atoms with Crippen LogP contribution in [0.3, 0.4) is 0 Å². The van der Waals surface area contributed by atoms with Crippen LogP contribution in [0.25, 0.3) is 22.0 Å². The predicted molar refractivity (Wildman–Crippen MR) is 108 cm³/mol. The molecule has 3 N–H and O–H groups in total. The smallest absolute Gasteiger partial charge is 0.223 e. The Balaban J connectivity index is 1.70. The Morgan fingerprint density at radius 2 is 1.96 bits per heavy atom. The van der Waals surface area contributed by atoms with E-state index in [4.69, 9.17) is 10.7 Å². The fourth-order valence-electron chi connectivity index (χ4n) is 3.73. The third kappa shape index (κ3) is 3.86. The largest absolute Gasteiger partial charge is 0.383 e. The molecule has 3 aromatic rings. The molecule has 0 unspecified atom stereocenters. The van der Waals surface area contributed by atoms with Crippen LogP contribution in [0, 0.1) is 5.92 Å². The summed E-state index contributed by atoms with van der Waals surface area (Å²) in [6, 6.07) is 0.452. The number of pyridine rings is 1. The second kappa shape index (κ2) is 7.50. The first-order valence-corrected chi connectivity index (χ1v) is 9.80. The van der Waals surface area contributed by atoms with Crippen LogP contribution in [0.5, 0.6) is 0 Å². The number of hydrogen-bond donors (Lipinski definition) is 2. The number of nitrogens with one attached hydrogen (secondary N) is 1. The van der Waals surface area contributed by atoms with Crippen molar-refractivity contribution < 1.29 is 0 Å². The molecule has 7 heteroatoms. The molecule has 0 aromatic carbocycles. The average Bonchev–Trinajstić information content (AvgIpc) is 3.10. The lowest BCUT2D eigenvalue weighted by molar-refractivity contribution is 0.461. The average molecular weight is 365 g/mol. The molecule has 7 nitrogen and oxygen atoms in total. The molecule has 0 radical (unpaired) electrons. The zero-order chi connectivity index (χ0) is 18.8. The maximum absolute atomic E-state index is 6.08. The van der Waals surface area contributed by atoms with Crippen LogP contribution >= 0.6 is 0 Å². The van der Waals surface area contributed by atoms with E-state index < -0.39 is 0 Å². The highest BCUT2D eigenvalue weighted by Gasteiger charge is 2.16. The van der Waals surface area contributed by atoms with Gasteiger partial charge in [-0.1, -0.05) is 33.1 Å². The highest BCUT2D eigenvalue weighted by atomic mass is 15.3. The van der Waals surface area contributed by atoms with E-state index in [1.54, 1.807) is 12.4 Å². The molecular weight excluding hydrogens is 338 g/mol. The minimum atomic E-state index is 0.451. The lowest BCUT2D eigenvalue weighted by atomic mass is 9.96. The van der Waals surface area contributed by atoms with Crippen LogP contribution in [-0.4, -0.2) is 30.8 Å². The Bertz CT molecular complexity index is 925. The first kappa shape index (κ1) is 17.7. The van der Waals surface area contributed by atoms with Gasteiger partial charge in [0, 0.05) is 42.3 Å². The Labute approximate surface area is 159 Å². The van der Waals surface area contributed by atoms with E-state index in [-0.39, 0.29) is 0 Å². The van der Waals surface area contributed by atoms with Gasteiger partial charge in [0.25, 0.3) is 0 Å². The van der Waals surface area contributed by atoms with Gasteiger partial charge in [-0.25, -0.2) is 15.0 Å². The van der Waals surface area contributed by atoms with Gasteiger partial charge in [0.15, 0.2) is 0 Å². The third-order valence-corrected chi connectivity index (χ3v) is 5.09. The maximum Gasteiger partial charge on any atom is 0.223 e. The lowest BCUT2D eigenvalue weighted by Gasteiger charge is -2.22. The zero-order valence-electron chi connectivity index (χ0n) is 16.0. The van der Waals surface area contributed by atoms with E-state index in [1.807, 2.05) is 17.1 Å². The maximum atomic E-state index is 6.08. The van der Waals surface area contributed by atoms with Crippen LogP contribution in [0.2, 0.25) is 0 Å². The van der Waals surface area contributed by atoms with Crippen LogP contribution < -0.4 is 11.1 Å². The van der Waals surface area contributed by atoms with E-state index in [9.17, 15) is 0 Å². The van der Waals surface area contributed by atoms with Gasteiger partial charge in [-0.2, -0.15) is 5.10 Å². The number of rotatable bonds is 5. The van der Waals surface area contributed by atoms with Crippen LogP contribution in [-0.2, 0) is 6.54 Å². The zero-order valence-corrected chi connectivity index (χ0v) is 16.0. The highest BCUT2D eigenvalue weighted by Crippen LogP contribution is 2.30. The van der Waals surface area contributed by atoms with E-state index >= 15 is 0 Å². The van der Waals surface area contributed by atoms with Gasteiger partial charge in [0.05, 0.1) is 17.1 Å². The summed E-state index contributed by atoms with van der Waals surface area (Å²) in [6.07, 6.45) is 13.7. The van der Waals surface area contributed by atoms with Gasteiger partial charge in [-0.05, 0) is 18.8 Å². The summed E-state index contributed by atoms with van der Waals surface area (Å²) in [7, 11) is 0. The van der Waals surface area contributed by atoms with Crippen molar-refractivity contribution in [2.24, 2.45) is 5.92 Å². The molecule has 1 saturated carbocycles. The lowest BCUT2D eigenvalue weighted by Crippen LogP contribution is -2.23. The van der Waals surface area contributed by atoms with Crippen molar-refractivity contribution in [1.29, 1.82) is 0 Å². The van der Waals surface area contributed by atoms with Crippen molar-refractivity contribution in [2.45, 2.75) is 58.5 Å². The van der Waals surface area contributed by atoms with Gasteiger partial charge in [0.2, 0.25) is 5.95 Å². The molecule has 1 aliphatic rings. The van der Waals surface area contributed by atoms with E-state index in [2.05, 4.69) is 34.2 Å². The second-order valence-electron chi connectivity index (χ2n) is 7.84. The molecule has 0 spiro atoms. The summed E-state index contributed by atoms with van der Waals surface area (Å²) in [4.78, 5) is 13.6. The molecule has 3 aromatic heterocycles. The Kier molecular flexibility index (Phi) is 4.92. The topological polar surface area (TPSA) is 94.5 Å². The summed E-state index contributed by atoms with van der Waals surface area (Å²) in [5.74, 6) is 1.65. The van der Waals surface area contributed by atoms with Gasteiger partial charge in [-0.3, -0.25) is 4.68 Å². The fourth-order valence-corrected chi connectivity index (χ4v) is 3.73. The van der Waals surface area contributed by atoms with Crippen LogP contribution in [0.4, 0.5) is 11.8 Å². The quantitative estimate of drug-likeness (QED) is 0.713. The molecule has 3 heterocycles. The Morgan fingerprint density at radius 3 is 2.74 bits per heavy atom. The minimum Gasteiger partial charge on any atom is -0.383 e. The van der Waals surface area contributed by atoms with Gasteiger partial charge >= 0.3 is 0 Å². The molecule has 0 bridgehead atoms. The Morgan fingerprint density at radius 1 is 1.15 bits per heavy atom. The van der Waals surface area contributed by atoms with Crippen molar-refractivity contribution >= 4 is 22.7 Å². The fraction of sp³-hybridized carbons (Fsp3) is 0.500. The van der Waals surface area contributed by atoms with E-state index in [0.717, 1.165) is 28.6 Å². The number of fused-ring (bicyclic) bond motifs is 1. The van der Waals surface area contributed by atoms with Crippen molar-refractivity contribution in [3.63, 3.8) is 0 Å². The Hall–Kier alpha value is -2.70. The van der Waals surface area contributed by atoms with Gasteiger partial charge in [-0.15, -0.1) is 0 Å². The summed E-state index contributed by atoms with van der Waals surface area (Å²) < 4.78 is 1.96. The number of anilines is 2. The normalized spacial score (nSPS) is 15.5. The molecule has 142 valence electrons. The molecule has 0 saturated heterocycles. The molecule has 4 rings (SSSR count). The van der Waals surface area contributed by atoms with Crippen LogP contribution in [0.15, 0.2) is 24.8 Å². The number of nitrogens with zero attached hydrogens (tertiary/aromatic N) is 5. The van der Waals surface area contributed by atoms with Gasteiger partial charge in [0.1, 0.15) is 5.82 Å². The molecule has 27 heavy (non-hydrogen) atoms. The van der Waals surface area contributed by atoms with Crippen molar-refractivity contribution in [2.75, 3.05) is 11.1 Å². The number of nitrogen functional groups attached to an aromatic ring is 1. The van der Waals surface area contributed by atoms with Crippen molar-refractivity contribution in [3.8, 4) is 11.1 Å². The third-order valence-electron chi connectivity index (χ3n) is 5.09. The first-order chi connectivity index (χ1) is 13.1. The van der Waals surface area contributed by atoms with Gasteiger partial charge < -0.3 is 11.1 Å². The second-order valence-corrected chi connectivity index (χ2v) is 7.84. The monoisotopic (exact) mass is 365 g/mol. The summed E-state index contributed by atoms with van der Waals surface area (Å²) >= 11 is 0. The van der Waals surface area contributed by atoms with Crippen LogP contribution in [0.1, 0.15) is 46.0 Å². The standard InChI is InChI=1S/C20H27N7/c1-13(2)11-27-12-14(8-24-27)16-9-22-19(21)17-10-23-20(26-18(16)17)25-15-6-4-3-5-7-15/h8-10,12-13,15H,3-7,11H2,1-2H3,(H2,21,22)(H,23,25,26). The summed E-state index contributed by atoms with van der Waals surface area (Å²) in [5.41, 5.74) is 8.83. The number of nitrogens with two attached hydrogens (primary N) is 1. The number of hydrogen-bond acceptors (Lipinski definition) is 6. The number of aromatic nitrogens is 5. The first-order valence-electron chi connectivity index (χ1n) is 9.80. The molecule has 1 fully saturated rings. The summed E-state index contributed by atoms with van der Waals surface area (Å²) in [6.45, 7) is 5.24. The minimum absolute atomic E-state index is 0.451. The molecule has 0 atom stereocenters. The van der Waals surface area contributed by atoms with Crippen molar-refractivity contribution in [1.82, 2.24) is 24.7 Å². The molecular formula is C20H27N7. The van der Waals surface area contributed by atoms with Crippen molar-refractivity contribution in [3.05, 3.63) is 24.8 Å².